The average Bonchev–Trinajstić information content (AvgIpc) is 3.38. The van der Waals surface area contributed by atoms with Crippen LogP contribution in [0.4, 0.5) is 0 Å². The van der Waals surface area contributed by atoms with E-state index < -0.39 is 24.4 Å². The molecule has 2 saturated heterocycles. The number of aromatic nitrogens is 2. The minimum atomic E-state index is -1.07. The molecule has 0 bridgehead atoms. The van der Waals surface area contributed by atoms with Crippen LogP contribution in [-0.4, -0.2) is 75.8 Å². The predicted octanol–water partition coefficient (Wildman–Crippen LogP) is 1.20. The number of benzene rings is 1. The van der Waals surface area contributed by atoms with Crippen molar-refractivity contribution in [1.29, 1.82) is 0 Å². The van der Waals surface area contributed by atoms with Gasteiger partial charge in [-0.2, -0.15) is 4.98 Å². The highest BCUT2D eigenvalue weighted by Gasteiger charge is 2.48. The van der Waals surface area contributed by atoms with Gasteiger partial charge in [0.25, 0.3) is 0 Å². The van der Waals surface area contributed by atoms with Crippen molar-refractivity contribution < 1.29 is 34.1 Å². The normalized spacial score (nSPS) is 32.5. The predicted molar refractivity (Wildman–Crippen MR) is 109 cm³/mol. The molecule has 0 amide bonds. The first-order valence-electron chi connectivity index (χ1n) is 10.7. The summed E-state index contributed by atoms with van der Waals surface area (Å²) in [6.45, 7) is 3.99. The molecule has 2 aliphatic heterocycles. The maximum absolute atomic E-state index is 10.6. The van der Waals surface area contributed by atoms with Crippen LogP contribution in [0.2, 0.25) is 0 Å². The number of hydrogen-bond acceptors (Lipinski definition) is 9. The Morgan fingerprint density at radius 1 is 1.13 bits per heavy atom. The molecule has 9 heteroatoms. The quantitative estimate of drug-likeness (QED) is 0.525. The molecule has 0 saturated carbocycles. The van der Waals surface area contributed by atoms with Gasteiger partial charge in [0.05, 0.1) is 50.7 Å². The number of aliphatic hydroxyl groups is 3. The lowest BCUT2D eigenvalue weighted by atomic mass is 9.86. The third-order valence-electron chi connectivity index (χ3n) is 6.37. The Kier molecular flexibility index (Phi) is 6.59. The first-order chi connectivity index (χ1) is 14.9. The molecule has 2 fully saturated rings. The van der Waals surface area contributed by atoms with Crippen molar-refractivity contribution in [2.75, 3.05) is 13.7 Å². The lowest BCUT2D eigenvalue weighted by Gasteiger charge is -2.37. The van der Waals surface area contributed by atoms with Gasteiger partial charge < -0.3 is 34.1 Å². The van der Waals surface area contributed by atoms with E-state index >= 15 is 0 Å². The average molecular weight is 434 g/mol. The summed E-state index contributed by atoms with van der Waals surface area (Å²) in [6.07, 6.45) is -2.35. The van der Waals surface area contributed by atoms with Gasteiger partial charge in [-0.1, -0.05) is 12.1 Å². The molecular weight excluding hydrogens is 404 g/mol. The highest BCUT2D eigenvalue weighted by atomic mass is 16.6. The van der Waals surface area contributed by atoms with E-state index in [-0.39, 0.29) is 30.5 Å². The third-order valence-corrected chi connectivity index (χ3v) is 6.37. The molecular formula is C22H30N2O7. The van der Waals surface area contributed by atoms with Crippen LogP contribution in [0.15, 0.2) is 28.8 Å². The van der Waals surface area contributed by atoms with Crippen molar-refractivity contribution in [3.05, 3.63) is 30.2 Å². The molecule has 0 radical (unpaired) electrons. The molecule has 8 atom stereocenters. The van der Waals surface area contributed by atoms with Gasteiger partial charge in [0.2, 0.25) is 11.7 Å². The summed E-state index contributed by atoms with van der Waals surface area (Å²) in [7, 11) is 1.60. The van der Waals surface area contributed by atoms with E-state index in [9.17, 15) is 15.3 Å². The number of epoxide rings is 1. The van der Waals surface area contributed by atoms with Crippen LogP contribution in [0, 0.1) is 11.8 Å². The molecule has 1 aromatic carbocycles. The lowest BCUT2D eigenvalue weighted by molar-refractivity contribution is -0.166. The SMILES string of the molecule is COc1ccc(-c2noc(C[C@@H]3OC[C@H](C[C@@H]4O[C@H]4[C@@H](C)[C@H](C)O)[C@@H](O)[C@H]3O)n2)cc1. The fourth-order valence-corrected chi connectivity index (χ4v) is 4.08. The van der Waals surface area contributed by atoms with Crippen molar-refractivity contribution in [3.63, 3.8) is 0 Å². The number of ether oxygens (including phenoxy) is 3. The zero-order valence-corrected chi connectivity index (χ0v) is 17.9. The zero-order chi connectivity index (χ0) is 22.1. The molecule has 0 unspecified atom stereocenters. The standard InChI is InChI=1S/C22H30N2O7/c1-11(12(2)25)21-17(30-21)8-14-10-29-16(20(27)19(14)26)9-18-23-22(24-31-18)13-4-6-15(28-3)7-5-13/h4-7,11-12,14,16-17,19-21,25-27H,8-10H2,1-3H3/t11-,12-,14-,16-,17-,19+,20-,21-/m0/s1. The monoisotopic (exact) mass is 434 g/mol. The van der Waals surface area contributed by atoms with E-state index in [4.69, 9.17) is 18.7 Å². The van der Waals surface area contributed by atoms with Crippen molar-refractivity contribution in [2.45, 2.75) is 63.3 Å². The summed E-state index contributed by atoms with van der Waals surface area (Å²) in [5.41, 5.74) is 0.784. The van der Waals surface area contributed by atoms with Crippen LogP contribution in [0.5, 0.6) is 5.75 Å². The molecule has 170 valence electrons. The lowest BCUT2D eigenvalue weighted by Crippen LogP contribution is -2.51. The first-order valence-corrected chi connectivity index (χ1v) is 10.7. The van der Waals surface area contributed by atoms with Crippen LogP contribution >= 0.6 is 0 Å². The highest BCUT2D eigenvalue weighted by molar-refractivity contribution is 5.55. The van der Waals surface area contributed by atoms with Crippen LogP contribution < -0.4 is 4.74 Å². The molecule has 3 N–H and O–H groups in total. The summed E-state index contributed by atoms with van der Waals surface area (Å²) in [5.74, 6) is 1.29. The second kappa shape index (κ2) is 9.22. The van der Waals surface area contributed by atoms with E-state index in [0.717, 1.165) is 11.3 Å². The maximum atomic E-state index is 10.6. The Morgan fingerprint density at radius 3 is 2.55 bits per heavy atom. The molecule has 9 nitrogen and oxygen atoms in total. The Morgan fingerprint density at radius 2 is 1.87 bits per heavy atom. The van der Waals surface area contributed by atoms with Gasteiger partial charge in [-0.15, -0.1) is 0 Å². The van der Waals surface area contributed by atoms with Crippen molar-refractivity contribution in [3.8, 4) is 17.1 Å². The topological polar surface area (TPSA) is 131 Å². The van der Waals surface area contributed by atoms with E-state index in [0.29, 0.717) is 24.7 Å². The molecule has 1 aromatic heterocycles. The summed E-state index contributed by atoms with van der Waals surface area (Å²) >= 11 is 0. The van der Waals surface area contributed by atoms with Gasteiger partial charge in [0, 0.05) is 17.4 Å². The Labute approximate surface area is 180 Å². The van der Waals surface area contributed by atoms with E-state index in [2.05, 4.69) is 10.1 Å². The molecule has 2 aliphatic rings. The summed E-state index contributed by atoms with van der Waals surface area (Å²) in [6, 6.07) is 7.29. The van der Waals surface area contributed by atoms with Gasteiger partial charge in [-0.05, 0) is 37.6 Å². The smallest absolute Gasteiger partial charge is 0.229 e. The van der Waals surface area contributed by atoms with E-state index in [1.807, 2.05) is 31.2 Å². The molecule has 2 aromatic rings. The van der Waals surface area contributed by atoms with Crippen LogP contribution in [-0.2, 0) is 15.9 Å². The van der Waals surface area contributed by atoms with Crippen molar-refractivity contribution in [1.82, 2.24) is 10.1 Å². The molecule has 0 spiro atoms. The second-order valence-corrected chi connectivity index (χ2v) is 8.53. The minimum absolute atomic E-state index is 0.0168. The van der Waals surface area contributed by atoms with Gasteiger partial charge in [-0.25, -0.2) is 0 Å². The number of nitrogens with zero attached hydrogens (tertiary/aromatic N) is 2. The highest BCUT2D eigenvalue weighted by Crippen LogP contribution is 2.38. The Bertz CT molecular complexity index is 856. The van der Waals surface area contributed by atoms with Crippen molar-refractivity contribution in [2.24, 2.45) is 11.8 Å². The van der Waals surface area contributed by atoms with Gasteiger partial charge in [-0.3, -0.25) is 0 Å². The van der Waals surface area contributed by atoms with Gasteiger partial charge in [0.15, 0.2) is 0 Å². The summed E-state index contributed by atoms with van der Waals surface area (Å²) in [5, 5.41) is 34.9. The summed E-state index contributed by atoms with van der Waals surface area (Å²) in [4.78, 5) is 4.38. The molecule has 31 heavy (non-hydrogen) atoms. The zero-order valence-electron chi connectivity index (χ0n) is 17.9. The number of rotatable bonds is 8. The first kappa shape index (κ1) is 22.2. The molecule has 4 rings (SSSR count). The fourth-order valence-electron chi connectivity index (χ4n) is 4.08. The van der Waals surface area contributed by atoms with E-state index in [1.165, 1.54) is 0 Å². The van der Waals surface area contributed by atoms with Crippen LogP contribution in [0.25, 0.3) is 11.4 Å². The van der Waals surface area contributed by atoms with Crippen molar-refractivity contribution >= 4 is 0 Å². The van der Waals surface area contributed by atoms with E-state index in [1.54, 1.807) is 14.0 Å². The molecule has 0 aliphatic carbocycles. The number of hydrogen-bond donors (Lipinski definition) is 3. The Hall–Kier alpha value is -2.04. The minimum Gasteiger partial charge on any atom is -0.497 e. The fraction of sp³-hybridized carbons (Fsp3) is 0.636. The third kappa shape index (κ3) is 4.91. The summed E-state index contributed by atoms with van der Waals surface area (Å²) < 4.78 is 22.0. The van der Waals surface area contributed by atoms with Gasteiger partial charge >= 0.3 is 0 Å². The van der Waals surface area contributed by atoms with Gasteiger partial charge in [0.1, 0.15) is 11.9 Å². The number of aliphatic hydroxyl groups excluding tert-OH is 3. The largest absolute Gasteiger partial charge is 0.497 e. The second-order valence-electron chi connectivity index (χ2n) is 8.53. The Balaban J connectivity index is 1.31. The van der Waals surface area contributed by atoms with Crippen LogP contribution in [0.3, 0.4) is 0 Å². The number of methoxy groups -OCH3 is 1. The maximum Gasteiger partial charge on any atom is 0.229 e. The van der Waals surface area contributed by atoms with Crippen LogP contribution in [0.1, 0.15) is 26.2 Å². The molecule has 3 heterocycles.